The van der Waals surface area contributed by atoms with Crippen LogP contribution < -0.4 is 10.2 Å². The number of hydrogen-bond donors (Lipinski definition) is 0. The minimum atomic E-state index is -4.46. The van der Waals surface area contributed by atoms with Gasteiger partial charge in [0.25, 0.3) is 0 Å². The Balaban J connectivity index is 0.000000172. The maximum atomic E-state index is 13.2. The molecular weight excluding hydrogens is 734 g/mol. The Morgan fingerprint density at radius 1 is 0.690 bits per heavy atom. The number of aryl methyl sites for hydroxylation is 1. The monoisotopic (exact) mass is 753 g/mol. The summed E-state index contributed by atoms with van der Waals surface area (Å²) in [5, 5.41) is 14.3. The SMILES string of the molecule is Cc1cc(-c2ccccn2)[n-]n1.FC(F)(F)c1cc(-c2ccccn2)[n-]n1.Fc1c[c-]c(-c2ccccn2)c(F)c1.[Ir+3]. The first kappa shape index (κ1) is 31.9. The molecule has 13 heteroatoms. The third-order valence-corrected chi connectivity index (χ3v) is 5.12. The fourth-order valence-electron chi connectivity index (χ4n) is 3.25. The van der Waals surface area contributed by atoms with E-state index in [-0.39, 0.29) is 31.4 Å². The van der Waals surface area contributed by atoms with Gasteiger partial charge in [0.05, 0.1) is 0 Å². The summed E-state index contributed by atoms with van der Waals surface area (Å²) in [6.07, 6.45) is 0.322. The van der Waals surface area contributed by atoms with E-state index in [1.54, 1.807) is 48.8 Å². The summed E-state index contributed by atoms with van der Waals surface area (Å²) < 4.78 is 62.4. The van der Waals surface area contributed by atoms with Crippen LogP contribution in [-0.2, 0) is 26.3 Å². The van der Waals surface area contributed by atoms with Gasteiger partial charge in [-0.2, -0.15) is 13.2 Å². The normalized spacial score (nSPS) is 10.4. The van der Waals surface area contributed by atoms with Crippen LogP contribution >= 0.6 is 0 Å². The predicted molar refractivity (Wildman–Crippen MR) is 140 cm³/mol. The van der Waals surface area contributed by atoms with E-state index < -0.39 is 23.5 Å². The van der Waals surface area contributed by atoms with E-state index in [2.05, 4.69) is 41.4 Å². The fourth-order valence-corrected chi connectivity index (χ4v) is 3.25. The van der Waals surface area contributed by atoms with Gasteiger partial charge in [0.1, 0.15) is 5.69 Å². The van der Waals surface area contributed by atoms with Crippen molar-refractivity contribution in [1.29, 1.82) is 0 Å². The summed E-state index contributed by atoms with van der Waals surface area (Å²) in [7, 11) is 0. The average Bonchev–Trinajstić information content (AvgIpc) is 3.65. The number of alkyl halides is 3. The number of nitrogens with zero attached hydrogens (tertiary/aromatic N) is 7. The first-order valence-electron chi connectivity index (χ1n) is 11.9. The van der Waals surface area contributed by atoms with Crippen LogP contribution in [0.25, 0.3) is 34.0 Å². The maximum Gasteiger partial charge on any atom is 3.00 e. The van der Waals surface area contributed by atoms with Crippen LogP contribution in [0.5, 0.6) is 0 Å². The van der Waals surface area contributed by atoms with Crippen molar-refractivity contribution in [3.8, 4) is 34.0 Å². The van der Waals surface area contributed by atoms with Gasteiger partial charge in [-0.1, -0.05) is 53.3 Å². The zero-order valence-electron chi connectivity index (χ0n) is 21.6. The Hall–Kier alpha value is -4.61. The molecule has 0 aliphatic heterocycles. The number of pyridine rings is 3. The quantitative estimate of drug-likeness (QED) is 0.154. The van der Waals surface area contributed by atoms with Crippen molar-refractivity contribution in [3.63, 3.8) is 0 Å². The van der Waals surface area contributed by atoms with Gasteiger partial charge in [-0.15, -0.1) is 12.1 Å². The molecule has 7 nitrogen and oxygen atoms in total. The number of aromatic nitrogens is 7. The Morgan fingerprint density at radius 3 is 1.64 bits per heavy atom. The Kier molecular flexibility index (Phi) is 11.3. The third kappa shape index (κ3) is 8.95. The van der Waals surface area contributed by atoms with Gasteiger partial charge in [0.2, 0.25) is 0 Å². The van der Waals surface area contributed by atoms with E-state index in [1.165, 1.54) is 6.20 Å². The number of hydrogen-bond acceptors (Lipinski definition) is 5. The molecule has 6 aromatic rings. The van der Waals surface area contributed by atoms with Crippen molar-refractivity contribution in [3.05, 3.63) is 127 Å². The second-order valence-electron chi connectivity index (χ2n) is 8.17. The smallest absolute Gasteiger partial charge is 0.574 e. The van der Waals surface area contributed by atoms with Crippen LogP contribution in [0.4, 0.5) is 22.0 Å². The molecule has 0 aliphatic carbocycles. The van der Waals surface area contributed by atoms with E-state index >= 15 is 0 Å². The van der Waals surface area contributed by atoms with Crippen molar-refractivity contribution in [2.75, 3.05) is 0 Å². The summed E-state index contributed by atoms with van der Waals surface area (Å²) >= 11 is 0. The van der Waals surface area contributed by atoms with Crippen molar-refractivity contribution in [2.45, 2.75) is 13.1 Å². The fraction of sp³-hybridized carbons (Fsp3) is 0.0690. The third-order valence-electron chi connectivity index (χ3n) is 5.12. The largest absolute Gasteiger partial charge is 3.00 e. The van der Waals surface area contributed by atoms with Crippen LogP contribution in [-0.4, -0.2) is 25.1 Å². The van der Waals surface area contributed by atoms with E-state index in [0.717, 1.165) is 35.3 Å². The van der Waals surface area contributed by atoms with Crippen LogP contribution in [0.3, 0.4) is 0 Å². The van der Waals surface area contributed by atoms with Crippen LogP contribution in [0.15, 0.2) is 97.5 Å². The molecule has 0 radical (unpaired) electrons. The van der Waals surface area contributed by atoms with Crippen molar-refractivity contribution in [1.82, 2.24) is 35.3 Å². The Morgan fingerprint density at radius 2 is 1.21 bits per heavy atom. The van der Waals surface area contributed by atoms with Gasteiger partial charge in [0, 0.05) is 47.3 Å². The number of halogens is 5. The maximum absolute atomic E-state index is 13.2. The Labute approximate surface area is 250 Å². The zero-order chi connectivity index (χ0) is 29.2. The summed E-state index contributed by atoms with van der Waals surface area (Å²) in [5.74, 6) is -1.29. The van der Waals surface area contributed by atoms with E-state index in [1.807, 2.05) is 31.2 Å². The molecule has 0 aliphatic rings. The first-order chi connectivity index (χ1) is 19.7. The standard InChI is InChI=1S/C11H6F2N.C9H5F3N3.C9H8N3.Ir/c12-8-4-5-9(10(13)7-8)11-3-1-2-6-14-11;10-9(11,12)8-5-7(14-15-8)6-3-1-2-4-13-6;1-7-6-9(12-11-7)8-4-2-3-5-10-8;/h1-4,6-7H;1-5H;2-6H,1H3;/q3*-1;+3. The van der Waals surface area contributed by atoms with Crippen LogP contribution in [0.1, 0.15) is 11.4 Å². The number of rotatable bonds is 3. The molecule has 0 amide bonds. The molecule has 1 aromatic carbocycles. The second kappa shape index (κ2) is 14.9. The molecule has 6 rings (SSSR count). The Bertz CT molecular complexity index is 1660. The van der Waals surface area contributed by atoms with Gasteiger partial charge in [-0.3, -0.25) is 18.7 Å². The van der Waals surface area contributed by atoms with Gasteiger partial charge < -0.3 is 25.4 Å². The predicted octanol–water partition coefficient (Wildman–Crippen LogP) is 6.35. The van der Waals surface area contributed by atoms with Gasteiger partial charge in [0.15, 0.2) is 0 Å². The molecule has 5 aromatic heterocycles. The van der Waals surface area contributed by atoms with Crippen molar-refractivity contribution < 1.29 is 42.1 Å². The molecular formula is C29H19F5IrN7. The number of benzene rings is 1. The minimum absolute atomic E-state index is 0. The van der Waals surface area contributed by atoms with Gasteiger partial charge >= 0.3 is 26.3 Å². The van der Waals surface area contributed by atoms with Crippen LogP contribution in [0, 0.1) is 24.6 Å². The zero-order valence-corrected chi connectivity index (χ0v) is 24.0. The first-order valence-corrected chi connectivity index (χ1v) is 11.9. The topological polar surface area (TPSA) is 92.7 Å². The summed E-state index contributed by atoms with van der Waals surface area (Å²) in [6, 6.07) is 23.0. The molecule has 0 saturated heterocycles. The minimum Gasteiger partial charge on any atom is -0.574 e. The molecule has 0 fully saturated rings. The molecule has 0 atom stereocenters. The molecule has 42 heavy (non-hydrogen) atoms. The molecule has 0 bridgehead atoms. The molecule has 0 unspecified atom stereocenters. The van der Waals surface area contributed by atoms with E-state index in [0.29, 0.717) is 11.4 Å². The van der Waals surface area contributed by atoms with Crippen LogP contribution in [0.2, 0.25) is 0 Å². The molecule has 0 saturated carbocycles. The average molecular weight is 753 g/mol. The summed E-state index contributed by atoms with van der Waals surface area (Å²) in [4.78, 5) is 12.0. The molecule has 214 valence electrons. The molecule has 5 heterocycles. The second-order valence-corrected chi connectivity index (χ2v) is 8.17. The van der Waals surface area contributed by atoms with E-state index in [4.69, 9.17) is 0 Å². The van der Waals surface area contributed by atoms with Crippen molar-refractivity contribution in [2.24, 2.45) is 0 Å². The van der Waals surface area contributed by atoms with E-state index in [9.17, 15) is 22.0 Å². The van der Waals surface area contributed by atoms with Crippen molar-refractivity contribution >= 4 is 0 Å². The van der Waals surface area contributed by atoms with Gasteiger partial charge in [-0.25, -0.2) is 0 Å². The molecule has 0 N–H and O–H groups in total. The summed E-state index contributed by atoms with van der Waals surface area (Å²) in [6.45, 7) is 1.92. The summed E-state index contributed by atoms with van der Waals surface area (Å²) in [5.41, 5.74) is 2.78. The molecule has 0 spiro atoms. The van der Waals surface area contributed by atoms with Gasteiger partial charge in [-0.05, 0) is 49.0 Å².